The Morgan fingerprint density at radius 1 is 1.11 bits per heavy atom. The van der Waals surface area contributed by atoms with Crippen molar-refractivity contribution in [3.63, 3.8) is 0 Å². The second-order valence-corrected chi connectivity index (χ2v) is 5.63. The molecule has 19 heavy (non-hydrogen) atoms. The Balaban J connectivity index is 3.41. The van der Waals surface area contributed by atoms with Crippen LogP contribution in [0.2, 0.25) is 0 Å². The number of carboxylic acid groups (broad SMARTS) is 1. The van der Waals surface area contributed by atoms with Gasteiger partial charge in [-0.25, -0.2) is 4.79 Å². The second-order valence-electron chi connectivity index (χ2n) is 5.63. The summed E-state index contributed by atoms with van der Waals surface area (Å²) in [6.07, 6.45) is 13.3. The highest BCUT2D eigenvalue weighted by molar-refractivity contribution is 5.80. The zero-order chi connectivity index (χ0) is 14.6. The molecule has 0 unspecified atom stereocenters. The lowest BCUT2D eigenvalue weighted by molar-refractivity contribution is -0.131. The summed E-state index contributed by atoms with van der Waals surface area (Å²) in [4.78, 5) is 10.2. The van der Waals surface area contributed by atoms with Gasteiger partial charge in [0.2, 0.25) is 0 Å². The quantitative estimate of drug-likeness (QED) is 0.301. The van der Waals surface area contributed by atoms with Crippen LogP contribution in [0.5, 0.6) is 0 Å². The SMILES string of the molecule is CC(C)(C)C#CCCCCCCC=CC=CC(=O)O. The van der Waals surface area contributed by atoms with Crippen LogP contribution in [0.15, 0.2) is 24.3 Å². The molecule has 0 fully saturated rings. The molecule has 0 aromatic carbocycles. The Morgan fingerprint density at radius 3 is 2.42 bits per heavy atom. The van der Waals surface area contributed by atoms with Crippen LogP contribution < -0.4 is 0 Å². The Bertz CT molecular complexity index is 359. The van der Waals surface area contributed by atoms with Gasteiger partial charge in [-0.15, -0.1) is 5.92 Å². The molecule has 0 rings (SSSR count). The number of unbranched alkanes of at least 4 members (excludes halogenated alkanes) is 5. The lowest BCUT2D eigenvalue weighted by atomic mass is 9.97. The van der Waals surface area contributed by atoms with Gasteiger partial charge in [0.15, 0.2) is 0 Å². The monoisotopic (exact) mass is 262 g/mol. The van der Waals surface area contributed by atoms with E-state index in [1.165, 1.54) is 19.3 Å². The van der Waals surface area contributed by atoms with Gasteiger partial charge in [0.05, 0.1) is 0 Å². The number of hydrogen-bond donors (Lipinski definition) is 1. The molecule has 2 nitrogen and oxygen atoms in total. The molecule has 0 aromatic rings. The van der Waals surface area contributed by atoms with E-state index in [0.29, 0.717) is 0 Å². The molecule has 0 atom stereocenters. The first-order chi connectivity index (χ1) is 8.92. The maximum Gasteiger partial charge on any atom is 0.328 e. The standard InChI is InChI=1S/C17H26O2/c1-17(2,3)15-13-11-9-7-5-4-6-8-10-12-14-16(18)19/h8,10,12,14H,4-7,9,11H2,1-3H3,(H,18,19). The van der Waals surface area contributed by atoms with Crippen molar-refractivity contribution in [2.75, 3.05) is 0 Å². The van der Waals surface area contributed by atoms with Crippen molar-refractivity contribution in [1.29, 1.82) is 0 Å². The number of hydrogen-bond acceptors (Lipinski definition) is 1. The van der Waals surface area contributed by atoms with Crippen LogP contribution in [0.25, 0.3) is 0 Å². The molecule has 0 aliphatic heterocycles. The maximum absolute atomic E-state index is 10.2. The van der Waals surface area contributed by atoms with Crippen LogP contribution >= 0.6 is 0 Å². The summed E-state index contributed by atoms with van der Waals surface area (Å²) in [5, 5.41) is 8.38. The van der Waals surface area contributed by atoms with Crippen LogP contribution in [0.4, 0.5) is 0 Å². The Labute approximate surface area is 117 Å². The third-order valence-corrected chi connectivity index (χ3v) is 2.37. The molecule has 0 radical (unpaired) electrons. The molecule has 1 N–H and O–H groups in total. The van der Waals surface area contributed by atoms with E-state index in [2.05, 4.69) is 32.6 Å². The lowest BCUT2D eigenvalue weighted by Crippen LogP contribution is -1.98. The van der Waals surface area contributed by atoms with E-state index >= 15 is 0 Å². The van der Waals surface area contributed by atoms with Crippen molar-refractivity contribution in [3.8, 4) is 11.8 Å². The van der Waals surface area contributed by atoms with Crippen molar-refractivity contribution in [1.82, 2.24) is 0 Å². The van der Waals surface area contributed by atoms with Crippen LogP contribution in [-0.4, -0.2) is 11.1 Å². The molecule has 0 saturated carbocycles. The zero-order valence-corrected chi connectivity index (χ0v) is 12.4. The molecule has 0 bridgehead atoms. The fourth-order valence-electron chi connectivity index (χ4n) is 1.47. The third kappa shape index (κ3) is 16.5. The van der Waals surface area contributed by atoms with Gasteiger partial charge >= 0.3 is 5.97 Å². The van der Waals surface area contributed by atoms with Crippen molar-refractivity contribution in [2.24, 2.45) is 5.41 Å². The molecule has 0 heterocycles. The minimum Gasteiger partial charge on any atom is -0.478 e. The van der Waals surface area contributed by atoms with Gasteiger partial charge < -0.3 is 5.11 Å². The van der Waals surface area contributed by atoms with Crippen LogP contribution in [0.3, 0.4) is 0 Å². The summed E-state index contributed by atoms with van der Waals surface area (Å²) in [6.45, 7) is 6.39. The number of carboxylic acids is 1. The maximum atomic E-state index is 10.2. The fraction of sp³-hybridized carbons (Fsp3) is 0.588. The molecular weight excluding hydrogens is 236 g/mol. The summed E-state index contributed by atoms with van der Waals surface area (Å²) in [6, 6.07) is 0. The smallest absolute Gasteiger partial charge is 0.328 e. The van der Waals surface area contributed by atoms with Gasteiger partial charge in [0.1, 0.15) is 0 Å². The highest BCUT2D eigenvalue weighted by Gasteiger charge is 2.02. The largest absolute Gasteiger partial charge is 0.478 e. The van der Waals surface area contributed by atoms with Crippen molar-refractivity contribution in [3.05, 3.63) is 24.3 Å². The minimum atomic E-state index is -0.902. The number of carbonyl (C=O) groups is 1. The Hall–Kier alpha value is -1.49. The molecule has 0 spiro atoms. The van der Waals surface area contributed by atoms with Crippen LogP contribution in [0, 0.1) is 17.3 Å². The van der Waals surface area contributed by atoms with E-state index in [0.717, 1.165) is 25.3 Å². The highest BCUT2D eigenvalue weighted by Crippen LogP contribution is 2.11. The van der Waals surface area contributed by atoms with Crippen LogP contribution in [0.1, 0.15) is 59.3 Å². The van der Waals surface area contributed by atoms with Gasteiger partial charge in [-0.05, 0) is 40.0 Å². The van der Waals surface area contributed by atoms with E-state index in [9.17, 15) is 4.79 Å². The first kappa shape index (κ1) is 17.5. The first-order valence-corrected chi connectivity index (χ1v) is 6.98. The summed E-state index contributed by atoms with van der Waals surface area (Å²) >= 11 is 0. The van der Waals surface area contributed by atoms with Gasteiger partial charge in [-0.1, -0.05) is 37.0 Å². The average molecular weight is 262 g/mol. The summed E-state index contributed by atoms with van der Waals surface area (Å²) in [5.41, 5.74) is 0.119. The van der Waals surface area contributed by atoms with Gasteiger partial charge in [-0.3, -0.25) is 0 Å². The minimum absolute atomic E-state index is 0.119. The number of aliphatic carboxylic acids is 1. The predicted octanol–water partition coefficient (Wildman–Crippen LogP) is 4.57. The van der Waals surface area contributed by atoms with E-state index in [1.807, 2.05) is 6.08 Å². The van der Waals surface area contributed by atoms with E-state index in [-0.39, 0.29) is 5.41 Å². The predicted molar refractivity (Wildman–Crippen MR) is 80.8 cm³/mol. The normalized spacial score (nSPS) is 11.7. The molecular formula is C17H26O2. The Kier molecular flexibility index (Phi) is 9.62. The van der Waals surface area contributed by atoms with Crippen LogP contribution in [-0.2, 0) is 4.79 Å². The first-order valence-electron chi connectivity index (χ1n) is 6.98. The molecule has 0 aliphatic carbocycles. The zero-order valence-electron chi connectivity index (χ0n) is 12.4. The Morgan fingerprint density at radius 2 is 1.79 bits per heavy atom. The summed E-state index contributed by atoms with van der Waals surface area (Å²) in [5.74, 6) is 5.56. The summed E-state index contributed by atoms with van der Waals surface area (Å²) < 4.78 is 0. The molecule has 0 amide bonds. The van der Waals surface area contributed by atoms with E-state index in [4.69, 9.17) is 5.11 Å². The summed E-state index contributed by atoms with van der Waals surface area (Å²) in [7, 11) is 0. The average Bonchev–Trinajstić information content (AvgIpc) is 2.28. The van der Waals surface area contributed by atoms with Crippen molar-refractivity contribution < 1.29 is 9.90 Å². The molecule has 106 valence electrons. The van der Waals surface area contributed by atoms with E-state index in [1.54, 1.807) is 12.2 Å². The lowest BCUT2D eigenvalue weighted by Gasteiger charge is -2.06. The third-order valence-electron chi connectivity index (χ3n) is 2.37. The fourth-order valence-corrected chi connectivity index (χ4v) is 1.47. The van der Waals surface area contributed by atoms with Gasteiger partial charge in [0, 0.05) is 17.9 Å². The van der Waals surface area contributed by atoms with Gasteiger partial charge in [0.25, 0.3) is 0 Å². The highest BCUT2D eigenvalue weighted by atomic mass is 16.4. The second kappa shape index (κ2) is 10.4. The molecule has 0 aromatic heterocycles. The topological polar surface area (TPSA) is 37.3 Å². The number of allylic oxidation sites excluding steroid dienone is 3. The number of rotatable bonds is 8. The van der Waals surface area contributed by atoms with Crippen molar-refractivity contribution >= 4 is 5.97 Å². The van der Waals surface area contributed by atoms with E-state index < -0.39 is 5.97 Å². The van der Waals surface area contributed by atoms with Gasteiger partial charge in [-0.2, -0.15) is 0 Å². The van der Waals surface area contributed by atoms with Crippen molar-refractivity contribution in [2.45, 2.75) is 59.3 Å². The molecule has 2 heteroatoms. The molecule has 0 saturated heterocycles. The molecule has 0 aliphatic rings.